The van der Waals surface area contributed by atoms with Gasteiger partial charge in [-0.25, -0.2) is 0 Å². The van der Waals surface area contributed by atoms with E-state index < -0.39 is 0 Å². The summed E-state index contributed by atoms with van der Waals surface area (Å²) < 4.78 is 0. The average Bonchev–Trinajstić information content (AvgIpc) is 2.42. The van der Waals surface area contributed by atoms with Crippen molar-refractivity contribution in [3.05, 3.63) is 12.7 Å². The van der Waals surface area contributed by atoms with E-state index in [1.165, 1.54) is 32.1 Å². The summed E-state index contributed by atoms with van der Waals surface area (Å²) in [5.41, 5.74) is 0. The van der Waals surface area contributed by atoms with Gasteiger partial charge in [0.1, 0.15) is 0 Å². The summed E-state index contributed by atoms with van der Waals surface area (Å²) in [5, 5.41) is 0. The maximum Gasteiger partial charge on any atom is 0.225 e. The zero-order chi connectivity index (χ0) is 13.4. The van der Waals surface area contributed by atoms with Gasteiger partial charge in [-0.1, -0.05) is 32.3 Å². The largest absolute Gasteiger partial charge is 0.339 e. The van der Waals surface area contributed by atoms with Crippen molar-refractivity contribution in [1.29, 1.82) is 0 Å². The Morgan fingerprint density at radius 3 is 2.44 bits per heavy atom. The quantitative estimate of drug-likeness (QED) is 0.626. The van der Waals surface area contributed by atoms with Gasteiger partial charge in [-0.3, -0.25) is 4.79 Å². The van der Waals surface area contributed by atoms with Gasteiger partial charge < -0.3 is 4.90 Å². The lowest BCUT2D eigenvalue weighted by Gasteiger charge is -2.31. The van der Waals surface area contributed by atoms with Gasteiger partial charge in [-0.2, -0.15) is 0 Å². The molecule has 2 heteroatoms. The molecule has 0 spiro atoms. The Labute approximate surface area is 112 Å². The molecule has 0 aliphatic heterocycles. The van der Waals surface area contributed by atoms with Crippen LogP contribution in [-0.2, 0) is 4.79 Å². The SMILES string of the molecule is C=CCN(CC)C(=O)C1CCC(CCCC)CC1. The molecule has 1 amide bonds. The monoisotopic (exact) mass is 251 g/mol. The van der Waals surface area contributed by atoms with Crippen molar-refractivity contribution in [1.82, 2.24) is 4.90 Å². The second-order valence-corrected chi connectivity index (χ2v) is 5.53. The lowest BCUT2D eigenvalue weighted by atomic mass is 9.79. The number of hydrogen-bond donors (Lipinski definition) is 0. The van der Waals surface area contributed by atoms with Crippen molar-refractivity contribution in [2.75, 3.05) is 13.1 Å². The fourth-order valence-corrected chi connectivity index (χ4v) is 2.98. The van der Waals surface area contributed by atoms with Gasteiger partial charge in [0.2, 0.25) is 5.91 Å². The number of carbonyl (C=O) groups excluding carboxylic acids is 1. The van der Waals surface area contributed by atoms with Crippen LogP contribution in [0.1, 0.15) is 58.8 Å². The summed E-state index contributed by atoms with van der Waals surface area (Å²) in [6, 6.07) is 0. The first-order valence-electron chi connectivity index (χ1n) is 7.62. The smallest absolute Gasteiger partial charge is 0.225 e. The van der Waals surface area contributed by atoms with Crippen molar-refractivity contribution < 1.29 is 4.79 Å². The highest BCUT2D eigenvalue weighted by Crippen LogP contribution is 2.32. The first-order chi connectivity index (χ1) is 8.72. The summed E-state index contributed by atoms with van der Waals surface area (Å²) in [7, 11) is 0. The Morgan fingerprint density at radius 1 is 1.28 bits per heavy atom. The minimum atomic E-state index is 0.280. The van der Waals surface area contributed by atoms with E-state index in [1.54, 1.807) is 0 Å². The lowest BCUT2D eigenvalue weighted by Crippen LogP contribution is -2.37. The highest BCUT2D eigenvalue weighted by molar-refractivity contribution is 5.79. The predicted octanol–water partition coefficient (Wildman–Crippen LogP) is 4.02. The van der Waals surface area contributed by atoms with Crippen molar-refractivity contribution in [3.8, 4) is 0 Å². The van der Waals surface area contributed by atoms with E-state index in [-0.39, 0.29) is 5.92 Å². The molecule has 1 aliphatic rings. The molecular weight excluding hydrogens is 222 g/mol. The van der Waals surface area contributed by atoms with E-state index in [9.17, 15) is 4.79 Å². The number of likely N-dealkylation sites (N-methyl/N-ethyl adjacent to an activating group) is 1. The molecule has 0 aromatic carbocycles. The van der Waals surface area contributed by atoms with Crippen LogP contribution >= 0.6 is 0 Å². The van der Waals surface area contributed by atoms with E-state index in [4.69, 9.17) is 0 Å². The van der Waals surface area contributed by atoms with Crippen molar-refractivity contribution >= 4 is 5.91 Å². The van der Waals surface area contributed by atoms with Crippen LogP contribution in [0.5, 0.6) is 0 Å². The molecule has 0 saturated heterocycles. The fourth-order valence-electron chi connectivity index (χ4n) is 2.98. The molecule has 0 atom stereocenters. The van der Waals surface area contributed by atoms with Gasteiger partial charge >= 0.3 is 0 Å². The third kappa shape index (κ3) is 4.47. The first-order valence-corrected chi connectivity index (χ1v) is 7.62. The van der Waals surface area contributed by atoms with Crippen LogP contribution in [0.25, 0.3) is 0 Å². The number of hydrogen-bond acceptors (Lipinski definition) is 1. The summed E-state index contributed by atoms with van der Waals surface area (Å²) in [4.78, 5) is 14.3. The van der Waals surface area contributed by atoms with E-state index in [0.717, 1.165) is 25.3 Å². The third-order valence-electron chi connectivity index (χ3n) is 4.20. The maximum absolute atomic E-state index is 12.3. The first kappa shape index (κ1) is 15.3. The van der Waals surface area contributed by atoms with Crippen LogP contribution in [0.15, 0.2) is 12.7 Å². The lowest BCUT2D eigenvalue weighted by molar-refractivity contribution is -0.136. The minimum Gasteiger partial charge on any atom is -0.339 e. The topological polar surface area (TPSA) is 20.3 Å². The normalized spacial score (nSPS) is 23.7. The van der Waals surface area contributed by atoms with E-state index in [0.29, 0.717) is 12.5 Å². The van der Waals surface area contributed by atoms with Gasteiger partial charge in [0.15, 0.2) is 0 Å². The third-order valence-corrected chi connectivity index (χ3v) is 4.20. The molecule has 0 unspecified atom stereocenters. The molecule has 0 aromatic rings. The average molecular weight is 251 g/mol. The zero-order valence-electron chi connectivity index (χ0n) is 12.2. The molecule has 0 N–H and O–H groups in total. The van der Waals surface area contributed by atoms with Gasteiger partial charge in [0, 0.05) is 19.0 Å². The highest BCUT2D eigenvalue weighted by atomic mass is 16.2. The molecule has 1 saturated carbocycles. The number of carbonyl (C=O) groups is 1. The van der Waals surface area contributed by atoms with E-state index in [2.05, 4.69) is 13.5 Å². The molecule has 1 rings (SSSR count). The number of amides is 1. The Balaban J connectivity index is 2.37. The molecule has 1 aliphatic carbocycles. The van der Waals surface area contributed by atoms with Crippen molar-refractivity contribution in [2.45, 2.75) is 58.8 Å². The Hall–Kier alpha value is -0.790. The molecule has 1 fully saturated rings. The molecule has 0 radical (unpaired) electrons. The van der Waals surface area contributed by atoms with Crippen LogP contribution in [0, 0.1) is 11.8 Å². The Morgan fingerprint density at radius 2 is 1.94 bits per heavy atom. The summed E-state index contributed by atoms with van der Waals surface area (Å²) in [6.07, 6.45) is 10.5. The summed E-state index contributed by atoms with van der Waals surface area (Å²) in [6.45, 7) is 9.54. The summed E-state index contributed by atoms with van der Waals surface area (Å²) in [5.74, 6) is 1.51. The molecule has 0 bridgehead atoms. The highest BCUT2D eigenvalue weighted by Gasteiger charge is 2.28. The van der Waals surface area contributed by atoms with Gasteiger partial charge in [0.05, 0.1) is 0 Å². The van der Waals surface area contributed by atoms with Gasteiger partial charge in [-0.05, 0) is 38.5 Å². The second-order valence-electron chi connectivity index (χ2n) is 5.53. The van der Waals surface area contributed by atoms with Crippen LogP contribution < -0.4 is 0 Å². The summed E-state index contributed by atoms with van der Waals surface area (Å²) >= 11 is 0. The Kier molecular flexibility index (Phi) is 7.07. The maximum atomic E-state index is 12.3. The Bertz CT molecular complexity index is 254. The molecule has 0 heterocycles. The molecule has 18 heavy (non-hydrogen) atoms. The number of unbranched alkanes of at least 4 members (excludes halogenated alkanes) is 1. The standard InChI is InChI=1S/C16H29NO/c1-4-7-8-14-9-11-15(12-10-14)16(18)17(6-3)13-5-2/h5,14-15H,2,4,6-13H2,1,3H3. The van der Waals surface area contributed by atoms with Gasteiger partial charge in [-0.15, -0.1) is 6.58 Å². The van der Waals surface area contributed by atoms with E-state index in [1.807, 2.05) is 17.9 Å². The molecular formula is C16H29NO. The molecule has 2 nitrogen and oxygen atoms in total. The van der Waals surface area contributed by atoms with Crippen molar-refractivity contribution in [2.24, 2.45) is 11.8 Å². The number of rotatable bonds is 7. The number of nitrogens with zero attached hydrogens (tertiary/aromatic N) is 1. The fraction of sp³-hybridized carbons (Fsp3) is 0.812. The van der Waals surface area contributed by atoms with E-state index >= 15 is 0 Å². The minimum absolute atomic E-state index is 0.280. The van der Waals surface area contributed by atoms with Gasteiger partial charge in [0.25, 0.3) is 0 Å². The van der Waals surface area contributed by atoms with Crippen molar-refractivity contribution in [3.63, 3.8) is 0 Å². The van der Waals surface area contributed by atoms with Crippen LogP contribution in [0.4, 0.5) is 0 Å². The van der Waals surface area contributed by atoms with Crippen LogP contribution in [0.2, 0.25) is 0 Å². The molecule has 104 valence electrons. The molecule has 0 aromatic heterocycles. The predicted molar refractivity (Wildman–Crippen MR) is 77.4 cm³/mol. The van der Waals surface area contributed by atoms with Crippen LogP contribution in [0.3, 0.4) is 0 Å². The second kappa shape index (κ2) is 8.34. The zero-order valence-corrected chi connectivity index (χ0v) is 12.2. The van der Waals surface area contributed by atoms with Crippen LogP contribution in [-0.4, -0.2) is 23.9 Å².